The van der Waals surface area contributed by atoms with Gasteiger partial charge in [-0.2, -0.15) is 0 Å². The molecular formula is C9H13IO6. The van der Waals surface area contributed by atoms with Crippen molar-refractivity contribution in [2.45, 2.75) is 38.4 Å². The van der Waals surface area contributed by atoms with Gasteiger partial charge in [0.25, 0.3) is 0 Å². The number of aliphatic hydroxyl groups is 1. The summed E-state index contributed by atoms with van der Waals surface area (Å²) in [5.41, 5.74) is 0. The maximum absolute atomic E-state index is 10.9. The fraction of sp³-hybridized carbons (Fsp3) is 0.778. The zero-order chi connectivity index (χ0) is 12.3. The molecule has 0 saturated carbocycles. The fourth-order valence-corrected chi connectivity index (χ4v) is 2.19. The third-order valence-electron chi connectivity index (χ3n) is 2.04. The van der Waals surface area contributed by atoms with E-state index in [1.54, 1.807) is 0 Å². The number of aliphatic hydroxyl groups excluding tert-OH is 1. The van der Waals surface area contributed by atoms with Crippen LogP contribution in [0, 0.1) is 0 Å². The topological polar surface area (TPSA) is 82.1 Å². The molecule has 1 unspecified atom stereocenters. The van der Waals surface area contributed by atoms with E-state index in [0.29, 0.717) is 4.43 Å². The van der Waals surface area contributed by atoms with Crippen LogP contribution < -0.4 is 0 Å². The van der Waals surface area contributed by atoms with Crippen LogP contribution in [-0.4, -0.2) is 46.1 Å². The molecule has 0 aromatic carbocycles. The second kappa shape index (κ2) is 5.78. The minimum atomic E-state index is -1.26. The summed E-state index contributed by atoms with van der Waals surface area (Å²) >= 11 is 2.04. The summed E-state index contributed by atoms with van der Waals surface area (Å²) in [7, 11) is 0. The molecule has 0 aliphatic carbocycles. The molecule has 1 heterocycles. The Morgan fingerprint density at radius 1 is 1.25 bits per heavy atom. The van der Waals surface area contributed by atoms with E-state index in [9.17, 15) is 14.7 Å². The molecule has 7 heteroatoms. The van der Waals surface area contributed by atoms with Crippen LogP contribution >= 0.6 is 22.6 Å². The third-order valence-corrected chi connectivity index (χ3v) is 2.91. The largest absolute Gasteiger partial charge is 0.456 e. The molecule has 92 valence electrons. The Bertz CT molecular complexity index is 281. The molecule has 6 nitrogen and oxygen atoms in total. The maximum atomic E-state index is 10.9. The Kier molecular flexibility index (Phi) is 4.93. The fourth-order valence-electron chi connectivity index (χ4n) is 1.48. The summed E-state index contributed by atoms with van der Waals surface area (Å²) in [5, 5.41) is 9.53. The first kappa shape index (κ1) is 13.7. The highest BCUT2D eigenvalue weighted by Crippen LogP contribution is 2.26. The van der Waals surface area contributed by atoms with Gasteiger partial charge in [0.15, 0.2) is 18.5 Å². The molecule has 1 N–H and O–H groups in total. The van der Waals surface area contributed by atoms with Crippen LogP contribution in [0.2, 0.25) is 0 Å². The van der Waals surface area contributed by atoms with Crippen molar-refractivity contribution in [2.24, 2.45) is 0 Å². The van der Waals surface area contributed by atoms with Crippen molar-refractivity contribution in [3.8, 4) is 0 Å². The number of ether oxygens (including phenoxy) is 3. The number of esters is 2. The van der Waals surface area contributed by atoms with Crippen LogP contribution in [-0.2, 0) is 23.8 Å². The Hall–Kier alpha value is -0.410. The summed E-state index contributed by atoms with van der Waals surface area (Å²) in [6.07, 6.45) is -3.44. The molecular weight excluding hydrogens is 331 g/mol. The highest BCUT2D eigenvalue weighted by atomic mass is 127. The Labute approximate surface area is 106 Å². The van der Waals surface area contributed by atoms with Gasteiger partial charge in [0.2, 0.25) is 0 Å². The van der Waals surface area contributed by atoms with Gasteiger partial charge in [-0.1, -0.05) is 22.6 Å². The first-order valence-electron chi connectivity index (χ1n) is 4.69. The second-order valence-corrected chi connectivity index (χ2v) is 4.25. The first-order chi connectivity index (χ1) is 7.45. The average molecular weight is 344 g/mol. The van der Waals surface area contributed by atoms with Gasteiger partial charge in [-0.3, -0.25) is 9.59 Å². The molecule has 16 heavy (non-hydrogen) atoms. The molecule has 4 atom stereocenters. The molecule has 0 spiro atoms. The minimum Gasteiger partial charge on any atom is -0.456 e. The van der Waals surface area contributed by atoms with Crippen molar-refractivity contribution < 1.29 is 28.9 Å². The Balaban J connectivity index is 2.76. The zero-order valence-electron chi connectivity index (χ0n) is 8.88. The maximum Gasteiger partial charge on any atom is 0.303 e. The molecule has 1 saturated heterocycles. The summed E-state index contributed by atoms with van der Waals surface area (Å²) in [5.74, 6) is -1.06. The number of halogens is 1. The predicted octanol–water partition coefficient (Wildman–Crippen LogP) is 0.00200. The van der Waals surface area contributed by atoms with Crippen LogP contribution in [0.1, 0.15) is 13.8 Å². The summed E-state index contributed by atoms with van der Waals surface area (Å²) < 4.78 is 15.5. The highest BCUT2D eigenvalue weighted by molar-refractivity contribution is 14.1. The number of rotatable bonds is 3. The van der Waals surface area contributed by atoms with E-state index in [1.165, 1.54) is 13.8 Å². The Morgan fingerprint density at radius 3 is 2.19 bits per heavy atom. The smallest absolute Gasteiger partial charge is 0.303 e. The lowest BCUT2D eigenvalue weighted by atomic mass is 10.1. The summed E-state index contributed by atoms with van der Waals surface area (Å²) in [4.78, 5) is 21.7. The molecule has 1 aliphatic heterocycles. The molecule has 0 radical (unpaired) electrons. The van der Waals surface area contributed by atoms with E-state index in [0.717, 1.165) is 0 Å². The molecule has 0 bridgehead atoms. The van der Waals surface area contributed by atoms with Gasteiger partial charge >= 0.3 is 11.9 Å². The van der Waals surface area contributed by atoms with Crippen LogP contribution in [0.4, 0.5) is 0 Å². The summed E-state index contributed by atoms with van der Waals surface area (Å²) in [6.45, 7) is 2.47. The quantitative estimate of drug-likeness (QED) is 0.441. The molecule has 1 aliphatic rings. The van der Waals surface area contributed by atoms with Crippen molar-refractivity contribution in [2.75, 3.05) is 4.43 Å². The van der Waals surface area contributed by atoms with E-state index in [-0.39, 0.29) is 0 Å². The van der Waals surface area contributed by atoms with E-state index >= 15 is 0 Å². The van der Waals surface area contributed by atoms with E-state index in [2.05, 4.69) is 0 Å². The van der Waals surface area contributed by atoms with Gasteiger partial charge in [0.05, 0.1) is 0 Å². The van der Waals surface area contributed by atoms with Crippen molar-refractivity contribution in [1.29, 1.82) is 0 Å². The standard InChI is InChI=1S/C9H13IO6/c1-4(11)14-7-6(3-10)16-9(13)8(7)15-5(2)12/h6-9,13H,3H2,1-2H3/t6-,7-,8+,9?/m1/s1. The van der Waals surface area contributed by atoms with Crippen molar-refractivity contribution in [1.82, 2.24) is 0 Å². The first-order valence-corrected chi connectivity index (χ1v) is 6.22. The molecule has 0 aromatic rings. The Morgan fingerprint density at radius 2 is 1.75 bits per heavy atom. The number of hydrogen-bond donors (Lipinski definition) is 1. The SMILES string of the molecule is CC(=O)O[C@H]1[C@H](OC(C)=O)C(O)O[C@@H]1CI. The van der Waals surface area contributed by atoms with Crippen molar-refractivity contribution in [3.63, 3.8) is 0 Å². The number of alkyl halides is 1. The highest BCUT2D eigenvalue weighted by Gasteiger charge is 2.47. The van der Waals surface area contributed by atoms with Crippen LogP contribution in [0.25, 0.3) is 0 Å². The van der Waals surface area contributed by atoms with Crippen molar-refractivity contribution in [3.05, 3.63) is 0 Å². The minimum absolute atomic E-state index is 0.469. The van der Waals surface area contributed by atoms with Crippen LogP contribution in [0.5, 0.6) is 0 Å². The van der Waals surface area contributed by atoms with Crippen molar-refractivity contribution >= 4 is 34.5 Å². The van der Waals surface area contributed by atoms with Gasteiger partial charge in [-0.05, 0) is 0 Å². The number of carbonyl (C=O) groups excluding carboxylic acids is 2. The van der Waals surface area contributed by atoms with Crippen LogP contribution in [0.15, 0.2) is 0 Å². The second-order valence-electron chi connectivity index (χ2n) is 3.37. The van der Waals surface area contributed by atoms with Gasteiger partial charge in [-0.15, -0.1) is 0 Å². The average Bonchev–Trinajstić information content (AvgIpc) is 2.44. The van der Waals surface area contributed by atoms with E-state index in [4.69, 9.17) is 14.2 Å². The van der Waals surface area contributed by atoms with Gasteiger partial charge in [0.1, 0.15) is 6.10 Å². The monoisotopic (exact) mass is 344 g/mol. The molecule has 0 aromatic heterocycles. The third kappa shape index (κ3) is 3.29. The predicted molar refractivity (Wildman–Crippen MR) is 60.9 cm³/mol. The number of carbonyl (C=O) groups is 2. The molecule has 1 rings (SSSR count). The van der Waals surface area contributed by atoms with E-state index < -0.39 is 36.5 Å². The lowest BCUT2D eigenvalue weighted by Crippen LogP contribution is -2.40. The number of hydrogen-bond acceptors (Lipinski definition) is 6. The van der Waals surface area contributed by atoms with Crippen LogP contribution in [0.3, 0.4) is 0 Å². The lowest BCUT2D eigenvalue weighted by Gasteiger charge is -2.21. The van der Waals surface area contributed by atoms with Gasteiger partial charge in [0, 0.05) is 18.3 Å². The molecule has 1 fully saturated rings. The van der Waals surface area contributed by atoms with Gasteiger partial charge in [-0.25, -0.2) is 0 Å². The normalized spacial score (nSPS) is 33.5. The summed E-state index contributed by atoms with van der Waals surface area (Å²) in [6, 6.07) is 0. The lowest BCUT2D eigenvalue weighted by molar-refractivity contribution is -0.174. The zero-order valence-corrected chi connectivity index (χ0v) is 11.0. The molecule has 0 amide bonds. The van der Waals surface area contributed by atoms with E-state index in [1.807, 2.05) is 22.6 Å². The van der Waals surface area contributed by atoms with Gasteiger partial charge < -0.3 is 19.3 Å².